The fourth-order valence-electron chi connectivity index (χ4n) is 2.66. The van der Waals surface area contributed by atoms with E-state index in [0.29, 0.717) is 25.6 Å². The number of piperidine rings is 1. The predicted octanol–water partition coefficient (Wildman–Crippen LogP) is 1.84. The highest BCUT2D eigenvalue weighted by Gasteiger charge is 2.31. The fourth-order valence-corrected chi connectivity index (χ4v) is 4.17. The second-order valence-corrected chi connectivity index (χ2v) is 7.87. The van der Waals surface area contributed by atoms with E-state index >= 15 is 0 Å². The van der Waals surface area contributed by atoms with Crippen LogP contribution in [0.25, 0.3) is 0 Å². The minimum atomic E-state index is -3.30. The Morgan fingerprint density at radius 1 is 1.48 bits per heavy atom. The van der Waals surface area contributed by atoms with Gasteiger partial charge in [-0.2, -0.15) is 17.0 Å². The second kappa shape index (κ2) is 9.56. The van der Waals surface area contributed by atoms with E-state index in [1.54, 1.807) is 11.4 Å². The molecule has 21 heavy (non-hydrogen) atoms. The van der Waals surface area contributed by atoms with Crippen molar-refractivity contribution >= 4 is 10.2 Å². The summed E-state index contributed by atoms with van der Waals surface area (Å²) >= 11 is 0. The molecule has 1 atom stereocenters. The Kier molecular flexibility index (Phi) is 8.48. The largest absolute Gasteiger partial charge is 0.316 e. The molecule has 0 aliphatic carbocycles. The van der Waals surface area contributed by atoms with Gasteiger partial charge in [-0.3, -0.25) is 0 Å². The van der Waals surface area contributed by atoms with Gasteiger partial charge in [0.15, 0.2) is 0 Å². The summed E-state index contributed by atoms with van der Waals surface area (Å²) in [7, 11) is -1.62. The molecule has 0 aromatic heterocycles. The number of nitrogens with one attached hydrogen (secondary N) is 1. The molecule has 1 heterocycles. The Balaban J connectivity index is 2.50. The molecule has 0 amide bonds. The van der Waals surface area contributed by atoms with Gasteiger partial charge in [-0.1, -0.05) is 13.0 Å². The van der Waals surface area contributed by atoms with Gasteiger partial charge < -0.3 is 5.32 Å². The summed E-state index contributed by atoms with van der Waals surface area (Å²) in [5.41, 5.74) is 0. The van der Waals surface area contributed by atoms with Gasteiger partial charge in [-0.05, 0) is 51.1 Å². The number of allylic oxidation sites excluding steroid dienone is 1. The first-order chi connectivity index (χ1) is 10.0. The van der Waals surface area contributed by atoms with Crippen LogP contribution in [0.4, 0.5) is 0 Å². The van der Waals surface area contributed by atoms with Crippen LogP contribution in [0.5, 0.6) is 0 Å². The zero-order valence-corrected chi connectivity index (χ0v) is 14.4. The molecule has 0 bridgehead atoms. The molecule has 1 aliphatic rings. The standard InChI is InChI=1S/C15H31N3O2S/c1-4-6-7-11-17(3)21(19,20)18-12-8-9-15(14-18)13-16-10-5-2/h4,15-16H,1,5-14H2,2-3H3. The Morgan fingerprint density at radius 3 is 2.90 bits per heavy atom. The number of unbranched alkanes of at least 4 members (excludes halogenated alkanes) is 1. The van der Waals surface area contributed by atoms with Crippen LogP contribution in [0, 0.1) is 5.92 Å². The molecule has 0 spiro atoms. The average Bonchev–Trinajstić information content (AvgIpc) is 2.48. The maximum atomic E-state index is 12.6. The third kappa shape index (κ3) is 6.06. The Bertz CT molecular complexity index is 398. The van der Waals surface area contributed by atoms with Crippen molar-refractivity contribution in [2.75, 3.05) is 39.8 Å². The number of nitrogens with zero attached hydrogens (tertiary/aromatic N) is 2. The van der Waals surface area contributed by atoms with Crippen molar-refractivity contribution in [3.63, 3.8) is 0 Å². The minimum Gasteiger partial charge on any atom is -0.316 e. The lowest BCUT2D eigenvalue weighted by Crippen LogP contribution is -2.48. The van der Waals surface area contributed by atoms with Crippen LogP contribution in [0.3, 0.4) is 0 Å². The van der Waals surface area contributed by atoms with Crippen molar-refractivity contribution in [1.29, 1.82) is 0 Å². The van der Waals surface area contributed by atoms with Crippen LogP contribution < -0.4 is 5.32 Å². The van der Waals surface area contributed by atoms with E-state index in [4.69, 9.17) is 0 Å². The average molecular weight is 317 g/mol. The molecule has 1 rings (SSSR count). The molecule has 0 saturated carbocycles. The van der Waals surface area contributed by atoms with E-state index in [1.807, 2.05) is 6.08 Å². The maximum Gasteiger partial charge on any atom is 0.281 e. The van der Waals surface area contributed by atoms with Crippen LogP contribution in [0.15, 0.2) is 12.7 Å². The van der Waals surface area contributed by atoms with E-state index < -0.39 is 10.2 Å². The Labute approximate surface area is 130 Å². The topological polar surface area (TPSA) is 52.7 Å². The zero-order chi connectivity index (χ0) is 15.7. The van der Waals surface area contributed by atoms with Gasteiger partial charge in [0, 0.05) is 26.7 Å². The zero-order valence-electron chi connectivity index (χ0n) is 13.6. The molecule has 1 saturated heterocycles. The van der Waals surface area contributed by atoms with Crippen molar-refractivity contribution in [3.8, 4) is 0 Å². The summed E-state index contributed by atoms with van der Waals surface area (Å²) < 4.78 is 28.3. The molecule has 124 valence electrons. The van der Waals surface area contributed by atoms with Gasteiger partial charge in [0.05, 0.1) is 0 Å². The third-order valence-corrected chi connectivity index (χ3v) is 5.90. The molecule has 1 aliphatic heterocycles. The van der Waals surface area contributed by atoms with E-state index in [1.165, 1.54) is 4.31 Å². The molecular weight excluding hydrogens is 286 g/mol. The maximum absolute atomic E-state index is 12.6. The highest BCUT2D eigenvalue weighted by Crippen LogP contribution is 2.20. The van der Waals surface area contributed by atoms with Gasteiger partial charge >= 0.3 is 0 Å². The second-order valence-electron chi connectivity index (χ2n) is 5.83. The SMILES string of the molecule is C=CCCCN(C)S(=O)(=O)N1CCCC(CNCCC)C1. The lowest BCUT2D eigenvalue weighted by Gasteiger charge is -2.34. The van der Waals surface area contributed by atoms with E-state index in [-0.39, 0.29) is 0 Å². The van der Waals surface area contributed by atoms with Gasteiger partial charge in [-0.25, -0.2) is 0 Å². The van der Waals surface area contributed by atoms with Gasteiger partial charge in [0.25, 0.3) is 10.2 Å². The minimum absolute atomic E-state index is 0.432. The molecular formula is C15H31N3O2S. The summed E-state index contributed by atoms with van der Waals surface area (Å²) in [5, 5.41) is 3.40. The molecule has 6 heteroatoms. The van der Waals surface area contributed by atoms with Crippen molar-refractivity contribution in [2.45, 2.75) is 39.0 Å². The molecule has 0 aromatic rings. The van der Waals surface area contributed by atoms with Crippen LogP contribution in [-0.2, 0) is 10.2 Å². The van der Waals surface area contributed by atoms with Crippen molar-refractivity contribution in [2.24, 2.45) is 5.92 Å². The quantitative estimate of drug-likeness (QED) is 0.494. The van der Waals surface area contributed by atoms with Gasteiger partial charge in [0.1, 0.15) is 0 Å². The Morgan fingerprint density at radius 2 is 2.24 bits per heavy atom. The molecule has 1 N–H and O–H groups in total. The molecule has 5 nitrogen and oxygen atoms in total. The summed E-state index contributed by atoms with van der Waals surface area (Å²) in [6, 6.07) is 0. The van der Waals surface area contributed by atoms with Crippen molar-refractivity contribution in [1.82, 2.24) is 13.9 Å². The Hall–Kier alpha value is -0.430. The van der Waals surface area contributed by atoms with Crippen molar-refractivity contribution in [3.05, 3.63) is 12.7 Å². The summed E-state index contributed by atoms with van der Waals surface area (Å²) in [4.78, 5) is 0. The van der Waals surface area contributed by atoms with Crippen LogP contribution in [0.2, 0.25) is 0 Å². The van der Waals surface area contributed by atoms with E-state index in [2.05, 4.69) is 18.8 Å². The highest BCUT2D eigenvalue weighted by molar-refractivity contribution is 7.86. The lowest BCUT2D eigenvalue weighted by atomic mass is 10.00. The number of rotatable bonds is 10. The first kappa shape index (κ1) is 18.6. The smallest absolute Gasteiger partial charge is 0.281 e. The molecule has 1 unspecified atom stereocenters. The van der Waals surface area contributed by atoms with Crippen LogP contribution in [0.1, 0.15) is 39.0 Å². The molecule has 0 radical (unpaired) electrons. The van der Waals surface area contributed by atoms with Gasteiger partial charge in [0.2, 0.25) is 0 Å². The highest BCUT2D eigenvalue weighted by atomic mass is 32.2. The normalized spacial score (nSPS) is 20.8. The summed E-state index contributed by atoms with van der Waals surface area (Å²) in [6.07, 6.45) is 6.69. The third-order valence-electron chi connectivity index (χ3n) is 3.94. The van der Waals surface area contributed by atoms with E-state index in [9.17, 15) is 8.42 Å². The summed E-state index contributed by atoms with van der Waals surface area (Å²) in [5.74, 6) is 0.432. The first-order valence-corrected chi connectivity index (χ1v) is 9.45. The number of hydrogen-bond donors (Lipinski definition) is 1. The summed E-state index contributed by atoms with van der Waals surface area (Å²) in [6.45, 7) is 9.59. The number of hydrogen-bond acceptors (Lipinski definition) is 3. The lowest BCUT2D eigenvalue weighted by molar-refractivity contribution is 0.246. The van der Waals surface area contributed by atoms with Crippen LogP contribution >= 0.6 is 0 Å². The fraction of sp³-hybridized carbons (Fsp3) is 0.867. The monoisotopic (exact) mass is 317 g/mol. The first-order valence-electron chi connectivity index (χ1n) is 8.05. The predicted molar refractivity (Wildman–Crippen MR) is 88.4 cm³/mol. The molecule has 0 aromatic carbocycles. The van der Waals surface area contributed by atoms with Crippen LogP contribution in [-0.4, -0.2) is 56.8 Å². The van der Waals surface area contributed by atoms with Gasteiger partial charge in [-0.15, -0.1) is 6.58 Å². The van der Waals surface area contributed by atoms with E-state index in [0.717, 1.165) is 45.2 Å². The molecule has 1 fully saturated rings. The van der Waals surface area contributed by atoms with Crippen molar-refractivity contribution < 1.29 is 8.42 Å².